The molecule has 0 bridgehead atoms. The number of ether oxygens (including phenoxy) is 2. The molecule has 0 radical (unpaired) electrons. The van der Waals surface area contributed by atoms with Crippen molar-refractivity contribution in [2.45, 2.75) is 37.1 Å². The summed E-state index contributed by atoms with van der Waals surface area (Å²) in [5, 5.41) is 24.2. The van der Waals surface area contributed by atoms with E-state index in [4.69, 9.17) is 9.47 Å². The smallest absolute Gasteiger partial charge is 0.312 e. The number of aryl methyl sites for hydroxylation is 2. The van der Waals surface area contributed by atoms with Crippen LogP contribution >= 0.6 is 15.9 Å². The highest BCUT2D eigenvalue weighted by Gasteiger charge is 2.77. The van der Waals surface area contributed by atoms with Gasteiger partial charge >= 0.3 is 5.97 Å². The van der Waals surface area contributed by atoms with Gasteiger partial charge in [0, 0.05) is 16.0 Å². The first-order valence-electron chi connectivity index (χ1n) is 11.0. The minimum atomic E-state index is -2.01. The van der Waals surface area contributed by atoms with Gasteiger partial charge in [-0.15, -0.1) is 0 Å². The fourth-order valence-electron chi connectivity index (χ4n) is 6.00. The molecule has 0 aromatic heterocycles. The van der Waals surface area contributed by atoms with E-state index in [1.165, 1.54) is 25.3 Å². The molecule has 1 fully saturated rings. The summed E-state index contributed by atoms with van der Waals surface area (Å²) in [7, 11) is 1.23. The standard InChI is InChI=1S/C27H24BrFO5/c1-14-11-15(2)22-20(12-14)34-27(17-7-9-18(28)10-8-17)23(16-5-4-6-19(29)13-16)21(25(31)33-3)24(30)26(22,27)32/h4-13,21,23-24,30,32H,1-3H3/t21-,23-,24-,26+,27+/m1/s1. The number of carbonyl (C=O) groups excluding carboxylic acids is 1. The van der Waals surface area contributed by atoms with Crippen LogP contribution in [-0.4, -0.2) is 29.4 Å². The van der Waals surface area contributed by atoms with Crippen LogP contribution in [0.1, 0.15) is 33.7 Å². The van der Waals surface area contributed by atoms with Crippen molar-refractivity contribution < 1.29 is 28.9 Å². The van der Waals surface area contributed by atoms with Crippen molar-refractivity contribution in [2.75, 3.05) is 7.11 Å². The molecule has 176 valence electrons. The van der Waals surface area contributed by atoms with Gasteiger partial charge < -0.3 is 19.7 Å². The third-order valence-electron chi connectivity index (χ3n) is 7.18. The molecule has 7 heteroatoms. The Labute approximate surface area is 205 Å². The van der Waals surface area contributed by atoms with E-state index in [2.05, 4.69) is 15.9 Å². The lowest BCUT2D eigenvalue weighted by Gasteiger charge is -2.41. The van der Waals surface area contributed by atoms with Gasteiger partial charge in [-0.1, -0.05) is 46.3 Å². The SMILES string of the molecule is COC(=O)[C@H]1[C@@H](O)[C@@]2(O)c3c(C)cc(C)cc3O[C@@]2(c2ccc(Br)cc2)[C@@H]1c1cccc(F)c1. The lowest BCUT2D eigenvalue weighted by molar-refractivity contribution is -0.161. The number of aliphatic hydroxyl groups excluding tert-OH is 1. The molecular weight excluding hydrogens is 503 g/mol. The largest absolute Gasteiger partial charge is 0.478 e. The Morgan fingerprint density at radius 3 is 2.47 bits per heavy atom. The Morgan fingerprint density at radius 1 is 1.12 bits per heavy atom. The molecule has 0 spiro atoms. The number of carbonyl (C=O) groups is 1. The Bertz CT molecular complexity index is 1290. The van der Waals surface area contributed by atoms with Crippen molar-refractivity contribution in [3.8, 4) is 5.75 Å². The second kappa shape index (κ2) is 7.90. The lowest BCUT2D eigenvalue weighted by Crippen LogP contribution is -2.52. The number of esters is 1. The van der Waals surface area contributed by atoms with Gasteiger partial charge in [0.2, 0.25) is 0 Å². The average Bonchev–Trinajstić information content (AvgIpc) is 3.16. The number of hydrogen-bond donors (Lipinski definition) is 2. The van der Waals surface area contributed by atoms with E-state index < -0.39 is 40.9 Å². The molecule has 0 saturated heterocycles. The predicted molar refractivity (Wildman–Crippen MR) is 127 cm³/mol. The molecule has 1 aliphatic heterocycles. The molecule has 2 aliphatic rings. The minimum absolute atomic E-state index is 0.412. The van der Waals surface area contributed by atoms with Gasteiger partial charge in [0.05, 0.1) is 13.0 Å². The predicted octanol–water partition coefficient (Wildman–Crippen LogP) is 4.63. The zero-order valence-electron chi connectivity index (χ0n) is 18.9. The monoisotopic (exact) mass is 526 g/mol. The number of hydrogen-bond acceptors (Lipinski definition) is 5. The van der Waals surface area contributed by atoms with Crippen LogP contribution in [0.15, 0.2) is 65.1 Å². The summed E-state index contributed by atoms with van der Waals surface area (Å²) in [4.78, 5) is 13.1. The van der Waals surface area contributed by atoms with Gasteiger partial charge in [-0.3, -0.25) is 4.79 Å². The van der Waals surface area contributed by atoms with Crippen LogP contribution in [0.25, 0.3) is 0 Å². The second-order valence-electron chi connectivity index (χ2n) is 9.09. The Kier molecular flexibility index (Phi) is 5.35. The van der Waals surface area contributed by atoms with Gasteiger partial charge in [0.15, 0.2) is 11.2 Å². The molecule has 1 saturated carbocycles. The van der Waals surface area contributed by atoms with Crippen LogP contribution < -0.4 is 4.74 Å². The number of aliphatic hydroxyl groups is 2. The van der Waals surface area contributed by atoms with Crippen molar-refractivity contribution >= 4 is 21.9 Å². The number of methoxy groups -OCH3 is 1. The van der Waals surface area contributed by atoms with Crippen LogP contribution in [0.3, 0.4) is 0 Å². The van der Waals surface area contributed by atoms with Crippen molar-refractivity contribution in [1.29, 1.82) is 0 Å². The van der Waals surface area contributed by atoms with E-state index in [0.29, 0.717) is 22.4 Å². The normalized spacial score (nSPS) is 29.3. The third-order valence-corrected chi connectivity index (χ3v) is 7.71. The first kappa shape index (κ1) is 23.0. The molecule has 5 rings (SSSR count). The van der Waals surface area contributed by atoms with Gasteiger partial charge in [-0.2, -0.15) is 0 Å². The first-order chi connectivity index (χ1) is 16.1. The molecule has 1 heterocycles. The molecule has 5 nitrogen and oxygen atoms in total. The minimum Gasteiger partial charge on any atom is -0.478 e. The van der Waals surface area contributed by atoms with Crippen molar-refractivity contribution in [3.05, 3.63) is 98.8 Å². The highest BCUT2D eigenvalue weighted by molar-refractivity contribution is 9.10. The Balaban J connectivity index is 1.90. The van der Waals surface area contributed by atoms with Crippen LogP contribution in [0.2, 0.25) is 0 Å². The van der Waals surface area contributed by atoms with Gasteiger partial charge in [0.1, 0.15) is 17.7 Å². The quantitative estimate of drug-likeness (QED) is 0.486. The summed E-state index contributed by atoms with van der Waals surface area (Å²) in [6, 6.07) is 16.7. The third kappa shape index (κ3) is 2.93. The van der Waals surface area contributed by atoms with Crippen LogP contribution in [0.4, 0.5) is 4.39 Å². The fourth-order valence-corrected chi connectivity index (χ4v) is 6.26. The second-order valence-corrected chi connectivity index (χ2v) is 10.0. The van der Waals surface area contributed by atoms with Crippen LogP contribution in [0.5, 0.6) is 5.75 Å². The molecule has 2 N–H and O–H groups in total. The van der Waals surface area contributed by atoms with Gasteiger partial charge in [-0.25, -0.2) is 4.39 Å². The summed E-state index contributed by atoms with van der Waals surface area (Å²) in [6.45, 7) is 3.75. The fraction of sp³-hybridized carbons (Fsp3) is 0.296. The molecule has 34 heavy (non-hydrogen) atoms. The summed E-state index contributed by atoms with van der Waals surface area (Å²) in [5.41, 5.74) is -0.612. The molecule has 3 aromatic rings. The topological polar surface area (TPSA) is 76.0 Å². The highest BCUT2D eigenvalue weighted by Crippen LogP contribution is 2.69. The van der Waals surface area contributed by atoms with E-state index in [9.17, 15) is 19.4 Å². The highest BCUT2D eigenvalue weighted by atomic mass is 79.9. The number of benzene rings is 3. The van der Waals surface area contributed by atoms with Gasteiger partial charge in [-0.05, 0) is 66.4 Å². The van der Waals surface area contributed by atoms with Crippen molar-refractivity contribution in [1.82, 2.24) is 0 Å². The van der Waals surface area contributed by atoms with E-state index >= 15 is 0 Å². The Morgan fingerprint density at radius 2 is 1.82 bits per heavy atom. The number of fused-ring (bicyclic) bond motifs is 3. The van der Waals surface area contributed by atoms with Gasteiger partial charge in [0.25, 0.3) is 0 Å². The molecule has 0 amide bonds. The maximum atomic E-state index is 14.4. The number of halogens is 2. The average molecular weight is 527 g/mol. The summed E-state index contributed by atoms with van der Waals surface area (Å²) >= 11 is 3.44. The maximum absolute atomic E-state index is 14.4. The van der Waals surface area contributed by atoms with Crippen molar-refractivity contribution in [3.63, 3.8) is 0 Å². The van der Waals surface area contributed by atoms with E-state index in [0.717, 1.165) is 15.6 Å². The molecular formula is C27H24BrFO5. The summed E-state index contributed by atoms with van der Waals surface area (Å²) in [6.07, 6.45) is -1.58. The number of rotatable bonds is 3. The van der Waals surface area contributed by atoms with Crippen LogP contribution in [0, 0.1) is 25.6 Å². The lowest BCUT2D eigenvalue weighted by atomic mass is 9.70. The summed E-state index contributed by atoms with van der Waals surface area (Å²) in [5.74, 6) is -2.96. The Hall–Kier alpha value is -2.74. The van der Waals surface area contributed by atoms with Crippen LogP contribution in [-0.2, 0) is 20.7 Å². The van der Waals surface area contributed by atoms with Crippen molar-refractivity contribution in [2.24, 2.45) is 5.92 Å². The molecule has 5 atom stereocenters. The summed E-state index contributed by atoms with van der Waals surface area (Å²) < 4.78 is 27.0. The zero-order valence-corrected chi connectivity index (χ0v) is 20.5. The van der Waals surface area contributed by atoms with E-state index in [-0.39, 0.29) is 0 Å². The maximum Gasteiger partial charge on any atom is 0.312 e. The molecule has 0 unspecified atom stereocenters. The molecule has 3 aromatic carbocycles. The van der Waals surface area contributed by atoms with E-state index in [1.807, 2.05) is 26.0 Å². The first-order valence-corrected chi connectivity index (χ1v) is 11.7. The molecule has 1 aliphatic carbocycles. The zero-order chi connectivity index (χ0) is 24.4. The van der Waals surface area contributed by atoms with E-state index in [1.54, 1.807) is 30.3 Å².